The summed E-state index contributed by atoms with van der Waals surface area (Å²) in [5, 5.41) is 0. The van der Waals surface area contributed by atoms with E-state index in [1.807, 2.05) is 0 Å². The third-order valence-electron chi connectivity index (χ3n) is 4.29. The molecule has 0 bridgehead atoms. The normalized spacial score (nSPS) is 16.0. The van der Waals surface area contributed by atoms with Crippen LogP contribution in [-0.4, -0.2) is 21.3 Å². The minimum Gasteiger partial charge on any atom is -0.341 e. The molecule has 0 saturated heterocycles. The van der Waals surface area contributed by atoms with Gasteiger partial charge in [0.05, 0.1) is 0 Å². The molecule has 6 heteroatoms. The maximum atomic E-state index is 10.2. The SMILES string of the molecule is CCCCC(CC)CS(CC(CC)CCCC)=P(O)(O)S.[Mo]. The Bertz CT molecular complexity index is 293. The van der Waals surface area contributed by atoms with Crippen molar-refractivity contribution in [3.8, 4) is 0 Å². The van der Waals surface area contributed by atoms with Gasteiger partial charge in [0.2, 0.25) is 0 Å². The Morgan fingerprint density at radius 3 is 1.45 bits per heavy atom. The van der Waals surface area contributed by atoms with Gasteiger partial charge in [-0.1, -0.05) is 78.5 Å². The van der Waals surface area contributed by atoms with Crippen molar-refractivity contribution in [2.75, 3.05) is 11.5 Å². The minimum absolute atomic E-state index is 0. The third-order valence-corrected chi connectivity index (χ3v) is 11.7. The van der Waals surface area contributed by atoms with E-state index in [9.17, 15) is 9.79 Å². The molecule has 0 saturated carbocycles. The van der Waals surface area contributed by atoms with Crippen molar-refractivity contribution in [2.24, 2.45) is 11.8 Å². The first kappa shape index (κ1) is 26.0. The van der Waals surface area contributed by atoms with Crippen LogP contribution in [0.5, 0.6) is 0 Å². The van der Waals surface area contributed by atoms with Crippen LogP contribution >= 0.6 is 17.9 Å². The van der Waals surface area contributed by atoms with Crippen LogP contribution in [0.4, 0.5) is 0 Å². The van der Waals surface area contributed by atoms with Crippen LogP contribution in [0, 0.1) is 11.8 Å². The predicted molar refractivity (Wildman–Crippen MR) is 104 cm³/mol. The molecule has 0 aliphatic heterocycles. The molecule has 0 radical (unpaired) electrons. The number of hydrogen-bond acceptors (Lipinski definition) is 0. The smallest absolute Gasteiger partial charge is 0.198 e. The van der Waals surface area contributed by atoms with Crippen LogP contribution in [0.15, 0.2) is 0 Å². The molecule has 0 aromatic heterocycles. The maximum Gasteiger partial charge on any atom is 0.198 e. The zero-order valence-electron chi connectivity index (χ0n) is 14.8. The number of thiol groups is 1. The first-order chi connectivity index (χ1) is 9.88. The molecule has 0 rings (SSSR count). The fourth-order valence-corrected chi connectivity index (χ4v) is 8.70. The Morgan fingerprint density at radius 1 is 0.864 bits per heavy atom. The predicted octanol–water partition coefficient (Wildman–Crippen LogP) is 5.63. The van der Waals surface area contributed by atoms with E-state index in [4.69, 9.17) is 0 Å². The van der Waals surface area contributed by atoms with Gasteiger partial charge in [0.25, 0.3) is 0 Å². The summed E-state index contributed by atoms with van der Waals surface area (Å²) in [6.45, 7) is 8.89. The van der Waals surface area contributed by atoms with E-state index in [1.54, 1.807) is 0 Å². The number of rotatable bonds is 12. The van der Waals surface area contributed by atoms with E-state index < -0.39 is 5.69 Å². The van der Waals surface area contributed by atoms with E-state index in [1.165, 1.54) is 38.5 Å². The van der Waals surface area contributed by atoms with Crippen molar-refractivity contribution < 1.29 is 30.9 Å². The van der Waals surface area contributed by atoms with Crippen molar-refractivity contribution in [1.29, 1.82) is 0 Å². The average Bonchev–Trinajstić information content (AvgIpc) is 2.44. The van der Waals surface area contributed by atoms with E-state index in [-0.39, 0.29) is 31.1 Å². The first-order valence-electron chi connectivity index (χ1n) is 8.64. The molecular weight excluding hydrogens is 415 g/mol. The van der Waals surface area contributed by atoms with Gasteiger partial charge < -0.3 is 9.79 Å². The van der Waals surface area contributed by atoms with Gasteiger partial charge in [0.1, 0.15) is 0 Å². The topological polar surface area (TPSA) is 40.5 Å². The van der Waals surface area contributed by atoms with E-state index in [2.05, 4.69) is 39.9 Å². The van der Waals surface area contributed by atoms with Crippen molar-refractivity contribution in [3.05, 3.63) is 0 Å². The van der Waals surface area contributed by atoms with Crippen LogP contribution in [0.2, 0.25) is 0 Å². The average molecular weight is 453 g/mol. The molecule has 0 fully saturated rings. The van der Waals surface area contributed by atoms with Crippen LogP contribution in [0.1, 0.15) is 79.1 Å². The van der Waals surface area contributed by atoms with Gasteiger partial charge >= 0.3 is 0 Å². The van der Waals surface area contributed by atoms with Gasteiger partial charge in [-0.3, -0.25) is 0 Å². The second-order valence-corrected chi connectivity index (χ2v) is 14.3. The largest absolute Gasteiger partial charge is 0.341 e. The summed E-state index contributed by atoms with van der Waals surface area (Å²) >= 11 is 4.19. The summed E-state index contributed by atoms with van der Waals surface area (Å²) in [6, 6.07) is 0. The molecule has 0 heterocycles. The summed E-state index contributed by atoms with van der Waals surface area (Å²) in [5.74, 6) is 3.18. The molecule has 136 valence electrons. The fraction of sp³-hybridized carbons (Fsp3) is 1.00. The third kappa shape index (κ3) is 12.2. The fourth-order valence-electron chi connectivity index (χ4n) is 2.61. The van der Waals surface area contributed by atoms with Crippen LogP contribution in [0.3, 0.4) is 0 Å². The van der Waals surface area contributed by atoms with Gasteiger partial charge in [0, 0.05) is 21.1 Å². The Morgan fingerprint density at radius 2 is 1.23 bits per heavy atom. The molecule has 0 aliphatic rings. The molecule has 2 N–H and O–H groups in total. The summed E-state index contributed by atoms with van der Waals surface area (Å²) in [5.41, 5.74) is -3.00. The van der Waals surface area contributed by atoms with Gasteiger partial charge in [-0.15, -0.1) is 10.1 Å². The van der Waals surface area contributed by atoms with Gasteiger partial charge in [0.15, 0.2) is 5.69 Å². The second kappa shape index (κ2) is 15.0. The van der Waals surface area contributed by atoms with Crippen LogP contribution in [0.25, 0.3) is 0 Å². The standard InChI is InChI=1S/C16H37O2PS2.Mo/c1-5-9-11-15(7-3)13-21(19(17,18)20)14-16(8-4)12-10-6-2;/h15-18,20H,5-14H2,1-4H3;. The Hall–Kier alpha value is 1.74. The molecule has 2 unspecified atom stereocenters. The maximum absolute atomic E-state index is 10.2. The summed E-state index contributed by atoms with van der Waals surface area (Å²) < 4.78 is 0. The molecule has 0 aliphatic carbocycles. The molecule has 0 amide bonds. The van der Waals surface area contributed by atoms with Crippen LogP contribution in [-0.2, 0) is 31.1 Å². The Balaban J connectivity index is 0. The Kier molecular flexibility index (Phi) is 17.7. The monoisotopic (exact) mass is 454 g/mol. The quantitative estimate of drug-likeness (QED) is 0.204. The van der Waals surface area contributed by atoms with Crippen molar-refractivity contribution >= 4 is 28.0 Å². The molecule has 2 atom stereocenters. The van der Waals surface area contributed by atoms with Crippen molar-refractivity contribution in [3.63, 3.8) is 0 Å². The number of hydrogen-bond donors (Lipinski definition) is 3. The first-order valence-corrected chi connectivity index (χ1v) is 13.7. The van der Waals surface area contributed by atoms with Crippen LogP contribution < -0.4 is 0 Å². The summed E-state index contributed by atoms with van der Waals surface area (Å²) in [6.07, 6.45) is 9.66. The molecule has 0 aromatic rings. The molecule has 0 spiro atoms. The van der Waals surface area contributed by atoms with Crippen molar-refractivity contribution in [1.82, 2.24) is 0 Å². The minimum atomic E-state index is -3.00. The van der Waals surface area contributed by atoms with Gasteiger partial charge in [-0.05, 0) is 36.2 Å². The van der Waals surface area contributed by atoms with E-state index in [0.29, 0.717) is 11.8 Å². The number of unbranched alkanes of at least 4 members (excludes halogenated alkanes) is 2. The molecule has 2 nitrogen and oxygen atoms in total. The molecule has 22 heavy (non-hydrogen) atoms. The molecule has 0 aromatic carbocycles. The summed E-state index contributed by atoms with van der Waals surface area (Å²) in [7, 11) is -0.322. The van der Waals surface area contributed by atoms with E-state index >= 15 is 0 Å². The second-order valence-electron chi connectivity index (χ2n) is 6.14. The zero-order chi connectivity index (χ0) is 16.3. The molecular formula is C16H37MoO2PS2. The summed E-state index contributed by atoms with van der Waals surface area (Å²) in [4.78, 5) is 20.3. The zero-order valence-corrected chi connectivity index (χ0v) is 19.4. The van der Waals surface area contributed by atoms with Gasteiger partial charge in [-0.25, -0.2) is 0 Å². The van der Waals surface area contributed by atoms with Gasteiger partial charge in [-0.2, -0.15) is 0 Å². The van der Waals surface area contributed by atoms with Crippen molar-refractivity contribution in [2.45, 2.75) is 79.1 Å². The van der Waals surface area contributed by atoms with E-state index in [0.717, 1.165) is 24.3 Å². The Labute approximate surface area is 160 Å².